The number of aliphatic carboxylic acids is 1. The molecule has 0 saturated heterocycles. The Morgan fingerprint density at radius 2 is 1.92 bits per heavy atom. The summed E-state index contributed by atoms with van der Waals surface area (Å²) < 4.78 is 14.3. The summed E-state index contributed by atoms with van der Waals surface area (Å²) in [6.45, 7) is 0. The van der Waals surface area contributed by atoms with Gasteiger partial charge in [0.2, 0.25) is 5.91 Å². The molecule has 6 nitrogen and oxygen atoms in total. The number of carbonyl (C=O) groups is 3. The molecule has 26 heavy (non-hydrogen) atoms. The maximum Gasteiger partial charge on any atom is 0.305 e. The van der Waals surface area contributed by atoms with Gasteiger partial charge in [-0.15, -0.1) is 0 Å². The van der Waals surface area contributed by atoms with E-state index in [-0.39, 0.29) is 24.3 Å². The van der Waals surface area contributed by atoms with Gasteiger partial charge in [0.05, 0.1) is 18.0 Å². The summed E-state index contributed by atoms with van der Waals surface area (Å²) in [6, 6.07) is 10.4. The summed E-state index contributed by atoms with van der Waals surface area (Å²) in [6.07, 6.45) is 0.364. The van der Waals surface area contributed by atoms with Crippen LogP contribution in [0.2, 0.25) is 0 Å². The van der Waals surface area contributed by atoms with Gasteiger partial charge < -0.3 is 15.7 Å². The fourth-order valence-corrected chi connectivity index (χ4v) is 2.92. The molecule has 0 radical (unpaired) electrons. The number of amides is 2. The Bertz CT molecular complexity index is 867. The maximum atomic E-state index is 14.3. The molecular formula is C19H17FN2O4. The highest BCUT2D eigenvalue weighted by atomic mass is 19.1. The number of hydrogen-bond donors (Lipinski definition) is 3. The van der Waals surface area contributed by atoms with E-state index in [1.165, 1.54) is 6.07 Å². The SMILES string of the molecule is O=C(O)C[C@@H](NC(=O)c1cc2c(cc1F)NC(=O)CC2)c1ccccc1. The number of rotatable bonds is 5. The van der Waals surface area contributed by atoms with Gasteiger partial charge in [0.25, 0.3) is 5.91 Å². The second-order valence-electron chi connectivity index (χ2n) is 6.07. The van der Waals surface area contributed by atoms with Crippen molar-refractivity contribution in [1.82, 2.24) is 5.32 Å². The van der Waals surface area contributed by atoms with Crippen molar-refractivity contribution in [1.29, 1.82) is 0 Å². The van der Waals surface area contributed by atoms with Gasteiger partial charge in [0.1, 0.15) is 5.82 Å². The number of benzene rings is 2. The topological polar surface area (TPSA) is 95.5 Å². The van der Waals surface area contributed by atoms with Crippen LogP contribution in [0.15, 0.2) is 42.5 Å². The fourth-order valence-electron chi connectivity index (χ4n) is 2.92. The fraction of sp³-hybridized carbons (Fsp3) is 0.211. The first-order chi connectivity index (χ1) is 12.4. The summed E-state index contributed by atoms with van der Waals surface area (Å²) in [4.78, 5) is 35.1. The van der Waals surface area contributed by atoms with Crippen LogP contribution in [0.5, 0.6) is 0 Å². The first-order valence-corrected chi connectivity index (χ1v) is 8.14. The summed E-state index contributed by atoms with van der Waals surface area (Å²) >= 11 is 0. The summed E-state index contributed by atoms with van der Waals surface area (Å²) in [7, 11) is 0. The smallest absolute Gasteiger partial charge is 0.305 e. The van der Waals surface area contributed by atoms with E-state index in [1.54, 1.807) is 30.3 Å². The Kier molecular flexibility index (Phi) is 4.97. The molecule has 1 aliphatic heterocycles. The summed E-state index contributed by atoms with van der Waals surface area (Å²) in [5.74, 6) is -2.74. The Balaban J connectivity index is 1.86. The van der Waals surface area contributed by atoms with Crippen LogP contribution in [0.3, 0.4) is 0 Å². The van der Waals surface area contributed by atoms with E-state index >= 15 is 0 Å². The molecule has 1 aliphatic rings. The van der Waals surface area contributed by atoms with Crippen LogP contribution >= 0.6 is 0 Å². The van der Waals surface area contributed by atoms with E-state index in [9.17, 15) is 18.8 Å². The minimum Gasteiger partial charge on any atom is -0.481 e. The second-order valence-corrected chi connectivity index (χ2v) is 6.07. The van der Waals surface area contributed by atoms with Crippen molar-refractivity contribution in [2.45, 2.75) is 25.3 Å². The van der Waals surface area contributed by atoms with Gasteiger partial charge in [0, 0.05) is 12.1 Å². The zero-order valence-corrected chi connectivity index (χ0v) is 13.8. The zero-order valence-electron chi connectivity index (χ0n) is 13.8. The first kappa shape index (κ1) is 17.6. The van der Waals surface area contributed by atoms with Crippen LogP contribution in [0.25, 0.3) is 0 Å². The van der Waals surface area contributed by atoms with Gasteiger partial charge in [-0.2, -0.15) is 0 Å². The van der Waals surface area contributed by atoms with Crippen molar-refractivity contribution >= 4 is 23.5 Å². The molecule has 0 fully saturated rings. The number of nitrogens with one attached hydrogen (secondary N) is 2. The van der Waals surface area contributed by atoms with Crippen molar-refractivity contribution in [3.8, 4) is 0 Å². The molecular weight excluding hydrogens is 339 g/mol. The lowest BCUT2D eigenvalue weighted by atomic mass is 9.98. The highest BCUT2D eigenvalue weighted by molar-refractivity contribution is 5.98. The third-order valence-corrected chi connectivity index (χ3v) is 4.22. The highest BCUT2D eigenvalue weighted by Crippen LogP contribution is 2.26. The third kappa shape index (κ3) is 3.88. The van der Waals surface area contributed by atoms with E-state index < -0.39 is 23.7 Å². The van der Waals surface area contributed by atoms with Crippen LogP contribution in [0.1, 0.15) is 40.4 Å². The molecule has 1 atom stereocenters. The Morgan fingerprint density at radius 1 is 1.19 bits per heavy atom. The Hall–Kier alpha value is -3.22. The van der Waals surface area contributed by atoms with Crippen molar-refractivity contribution < 1.29 is 23.9 Å². The van der Waals surface area contributed by atoms with Gasteiger partial charge >= 0.3 is 5.97 Å². The molecule has 2 aromatic rings. The molecule has 2 aromatic carbocycles. The first-order valence-electron chi connectivity index (χ1n) is 8.14. The zero-order chi connectivity index (χ0) is 18.7. The van der Waals surface area contributed by atoms with E-state index in [4.69, 9.17) is 5.11 Å². The molecule has 0 bridgehead atoms. The summed E-state index contributed by atoms with van der Waals surface area (Å²) in [5, 5.41) is 14.3. The average molecular weight is 356 g/mol. The van der Waals surface area contributed by atoms with Gasteiger partial charge in [-0.05, 0) is 29.7 Å². The molecule has 134 valence electrons. The predicted octanol–water partition coefficient (Wildman–Crippen LogP) is 2.66. The maximum absolute atomic E-state index is 14.3. The number of anilines is 1. The van der Waals surface area contributed by atoms with Crippen molar-refractivity contribution in [2.24, 2.45) is 0 Å². The van der Waals surface area contributed by atoms with Crippen LogP contribution in [-0.4, -0.2) is 22.9 Å². The molecule has 2 amide bonds. The van der Waals surface area contributed by atoms with Crippen molar-refractivity contribution in [3.63, 3.8) is 0 Å². The number of carboxylic acid groups (broad SMARTS) is 1. The number of fused-ring (bicyclic) bond motifs is 1. The average Bonchev–Trinajstić information content (AvgIpc) is 2.60. The number of halogens is 1. The second kappa shape index (κ2) is 7.35. The molecule has 0 unspecified atom stereocenters. The number of aryl methyl sites for hydroxylation is 1. The van der Waals surface area contributed by atoms with E-state index in [0.29, 0.717) is 23.2 Å². The minimum atomic E-state index is -1.08. The molecule has 0 spiro atoms. The van der Waals surface area contributed by atoms with E-state index in [2.05, 4.69) is 10.6 Å². The predicted molar refractivity (Wildman–Crippen MR) is 92.3 cm³/mol. The quantitative estimate of drug-likeness (QED) is 0.767. The number of hydrogen-bond acceptors (Lipinski definition) is 3. The lowest BCUT2D eigenvalue weighted by Crippen LogP contribution is -2.31. The molecule has 3 N–H and O–H groups in total. The highest BCUT2D eigenvalue weighted by Gasteiger charge is 2.23. The van der Waals surface area contributed by atoms with E-state index in [1.807, 2.05) is 0 Å². The molecule has 3 rings (SSSR count). The number of carboxylic acids is 1. The molecule has 0 aliphatic carbocycles. The van der Waals surface area contributed by atoms with Gasteiger partial charge in [0.15, 0.2) is 0 Å². The largest absolute Gasteiger partial charge is 0.481 e. The lowest BCUT2D eigenvalue weighted by Gasteiger charge is -2.20. The van der Waals surface area contributed by atoms with Crippen LogP contribution in [0, 0.1) is 5.82 Å². The van der Waals surface area contributed by atoms with Crippen molar-refractivity contribution in [3.05, 3.63) is 65.0 Å². The van der Waals surface area contributed by atoms with Gasteiger partial charge in [-0.1, -0.05) is 30.3 Å². The van der Waals surface area contributed by atoms with Crippen molar-refractivity contribution in [2.75, 3.05) is 5.32 Å². The monoisotopic (exact) mass is 356 g/mol. The van der Waals surface area contributed by atoms with Crippen LogP contribution in [0.4, 0.5) is 10.1 Å². The normalized spacial score (nSPS) is 14.1. The third-order valence-electron chi connectivity index (χ3n) is 4.22. The van der Waals surface area contributed by atoms with Gasteiger partial charge in [-0.25, -0.2) is 4.39 Å². The Morgan fingerprint density at radius 3 is 2.62 bits per heavy atom. The van der Waals surface area contributed by atoms with Crippen LogP contribution in [-0.2, 0) is 16.0 Å². The van der Waals surface area contributed by atoms with E-state index in [0.717, 1.165) is 6.07 Å². The molecule has 0 aromatic heterocycles. The number of carbonyl (C=O) groups excluding carboxylic acids is 2. The summed E-state index contributed by atoms with van der Waals surface area (Å²) in [5.41, 5.74) is 1.48. The molecule has 1 heterocycles. The van der Waals surface area contributed by atoms with Crippen LogP contribution < -0.4 is 10.6 Å². The molecule has 7 heteroatoms. The lowest BCUT2D eigenvalue weighted by molar-refractivity contribution is -0.137. The molecule has 0 saturated carbocycles. The van der Waals surface area contributed by atoms with Gasteiger partial charge in [-0.3, -0.25) is 14.4 Å². The Labute approximate surface area is 149 Å². The minimum absolute atomic E-state index is 0.175. The standard InChI is InChI=1S/C19H17FN2O4/c20-14-9-15-12(6-7-17(23)21-15)8-13(14)19(26)22-16(10-18(24)25)11-4-2-1-3-5-11/h1-5,8-9,16H,6-7,10H2,(H,21,23)(H,22,26)(H,24,25)/t16-/m1/s1.